The third-order valence-corrected chi connectivity index (χ3v) is 3.50. The molecule has 1 heterocycles. The maximum atomic E-state index is 13.8. The Morgan fingerprint density at radius 3 is 2.81 bits per heavy atom. The van der Waals surface area contributed by atoms with Crippen LogP contribution in [0.15, 0.2) is 16.6 Å². The molecule has 0 fully saturated rings. The summed E-state index contributed by atoms with van der Waals surface area (Å²) in [7, 11) is 0. The summed E-state index contributed by atoms with van der Waals surface area (Å²) < 4.78 is 20.4. The molecule has 0 saturated carbocycles. The first-order chi connectivity index (χ1) is 7.69. The normalized spacial score (nSPS) is 23.0. The topological polar surface area (TPSA) is 21.3 Å². The van der Waals surface area contributed by atoms with E-state index >= 15 is 0 Å². The van der Waals surface area contributed by atoms with Crippen molar-refractivity contribution in [2.75, 3.05) is 6.54 Å². The lowest BCUT2D eigenvalue weighted by Gasteiger charge is -2.18. The smallest absolute Gasteiger partial charge is 0.141 e. The first-order valence-electron chi connectivity index (χ1n) is 5.57. The van der Waals surface area contributed by atoms with E-state index in [2.05, 4.69) is 21.2 Å². The molecule has 1 aliphatic rings. The highest BCUT2D eigenvalue weighted by molar-refractivity contribution is 9.10. The minimum Gasteiger partial charge on any atom is -0.487 e. The zero-order valence-electron chi connectivity index (χ0n) is 9.39. The molecule has 0 aromatic heterocycles. The number of hydrogen-bond donors (Lipinski definition) is 1. The molecule has 2 unspecified atom stereocenters. The lowest BCUT2D eigenvalue weighted by molar-refractivity contribution is 0.185. The third-order valence-electron chi connectivity index (χ3n) is 2.87. The van der Waals surface area contributed by atoms with Crippen LogP contribution in [0.2, 0.25) is 0 Å². The van der Waals surface area contributed by atoms with Gasteiger partial charge in [-0.2, -0.15) is 0 Å². The molecular formula is C12H15BrFNO. The Morgan fingerprint density at radius 1 is 1.44 bits per heavy atom. The Labute approximate surface area is 103 Å². The molecule has 0 aliphatic carbocycles. The first kappa shape index (κ1) is 11.9. The minimum atomic E-state index is -0.194. The summed E-state index contributed by atoms with van der Waals surface area (Å²) in [6, 6.07) is 3.13. The van der Waals surface area contributed by atoms with E-state index in [0.29, 0.717) is 11.3 Å². The van der Waals surface area contributed by atoms with Crippen LogP contribution in [-0.4, -0.2) is 12.6 Å². The van der Waals surface area contributed by atoms with Gasteiger partial charge < -0.3 is 10.1 Å². The van der Waals surface area contributed by atoms with Crippen molar-refractivity contribution >= 4 is 15.9 Å². The van der Waals surface area contributed by atoms with Crippen LogP contribution >= 0.6 is 15.9 Å². The van der Waals surface area contributed by atoms with Crippen molar-refractivity contribution < 1.29 is 9.13 Å². The van der Waals surface area contributed by atoms with Gasteiger partial charge in [0.25, 0.3) is 0 Å². The van der Waals surface area contributed by atoms with E-state index in [4.69, 9.17) is 4.74 Å². The van der Waals surface area contributed by atoms with Crippen LogP contribution in [0.25, 0.3) is 0 Å². The second kappa shape index (κ2) is 4.72. The molecule has 1 N–H and O–H groups in total. The summed E-state index contributed by atoms with van der Waals surface area (Å²) in [5, 5.41) is 3.28. The van der Waals surface area contributed by atoms with E-state index in [0.717, 1.165) is 17.4 Å². The standard InChI is InChI=1S/C12H15BrFNO/c1-3-9-11(15-4-2)10-8(14)6-5-7(13)12(10)16-9/h5-6,9,11,15H,3-4H2,1-2H3. The Balaban J connectivity index is 2.45. The second-order valence-corrected chi connectivity index (χ2v) is 4.73. The summed E-state index contributed by atoms with van der Waals surface area (Å²) in [5.74, 6) is 0.456. The molecule has 0 radical (unpaired) electrons. The molecule has 1 aliphatic heterocycles. The quantitative estimate of drug-likeness (QED) is 0.920. The van der Waals surface area contributed by atoms with Crippen molar-refractivity contribution in [3.05, 3.63) is 28.0 Å². The van der Waals surface area contributed by atoms with Crippen LogP contribution in [0.4, 0.5) is 4.39 Å². The molecule has 4 heteroatoms. The summed E-state index contributed by atoms with van der Waals surface area (Å²) in [4.78, 5) is 0. The molecule has 16 heavy (non-hydrogen) atoms. The predicted molar refractivity (Wildman–Crippen MR) is 65.2 cm³/mol. The Kier molecular flexibility index (Phi) is 3.50. The van der Waals surface area contributed by atoms with Crippen molar-refractivity contribution in [3.8, 4) is 5.75 Å². The highest BCUT2D eigenvalue weighted by Crippen LogP contribution is 2.43. The molecule has 0 bridgehead atoms. The van der Waals surface area contributed by atoms with E-state index in [1.54, 1.807) is 6.07 Å². The fraction of sp³-hybridized carbons (Fsp3) is 0.500. The lowest BCUT2D eigenvalue weighted by atomic mass is 10.0. The van der Waals surface area contributed by atoms with Gasteiger partial charge in [-0.1, -0.05) is 13.8 Å². The van der Waals surface area contributed by atoms with Crippen LogP contribution in [0.1, 0.15) is 31.9 Å². The van der Waals surface area contributed by atoms with Crippen molar-refractivity contribution in [1.29, 1.82) is 0 Å². The monoisotopic (exact) mass is 287 g/mol. The van der Waals surface area contributed by atoms with Crippen LogP contribution in [0.5, 0.6) is 5.75 Å². The summed E-state index contributed by atoms with van der Waals surface area (Å²) in [6.07, 6.45) is 0.876. The minimum absolute atomic E-state index is 0.0168. The number of rotatable bonds is 3. The number of ether oxygens (including phenoxy) is 1. The van der Waals surface area contributed by atoms with Gasteiger partial charge in [0.15, 0.2) is 0 Å². The highest BCUT2D eigenvalue weighted by atomic mass is 79.9. The molecule has 2 atom stereocenters. The van der Waals surface area contributed by atoms with E-state index in [-0.39, 0.29) is 18.0 Å². The third kappa shape index (κ3) is 1.84. The van der Waals surface area contributed by atoms with Gasteiger partial charge >= 0.3 is 0 Å². The highest BCUT2D eigenvalue weighted by Gasteiger charge is 2.36. The van der Waals surface area contributed by atoms with Gasteiger partial charge in [-0.3, -0.25) is 0 Å². The average Bonchev–Trinajstić information content (AvgIpc) is 2.64. The van der Waals surface area contributed by atoms with Gasteiger partial charge in [0.05, 0.1) is 16.1 Å². The van der Waals surface area contributed by atoms with Crippen LogP contribution in [0.3, 0.4) is 0 Å². The molecule has 0 amide bonds. The van der Waals surface area contributed by atoms with Crippen molar-refractivity contribution in [2.24, 2.45) is 0 Å². The van der Waals surface area contributed by atoms with E-state index in [1.807, 2.05) is 13.8 Å². The molecular weight excluding hydrogens is 273 g/mol. The molecule has 0 saturated heterocycles. The molecule has 1 aromatic rings. The summed E-state index contributed by atoms with van der Waals surface area (Å²) in [6.45, 7) is 4.86. The largest absolute Gasteiger partial charge is 0.487 e. The van der Waals surface area contributed by atoms with Gasteiger partial charge in [0.2, 0.25) is 0 Å². The van der Waals surface area contributed by atoms with Gasteiger partial charge in [-0.15, -0.1) is 0 Å². The van der Waals surface area contributed by atoms with Crippen molar-refractivity contribution in [1.82, 2.24) is 5.32 Å². The molecule has 2 rings (SSSR count). The van der Waals surface area contributed by atoms with Crippen LogP contribution < -0.4 is 10.1 Å². The number of fused-ring (bicyclic) bond motifs is 1. The molecule has 0 spiro atoms. The first-order valence-corrected chi connectivity index (χ1v) is 6.36. The zero-order valence-corrected chi connectivity index (χ0v) is 11.0. The van der Waals surface area contributed by atoms with Gasteiger partial charge in [0.1, 0.15) is 17.7 Å². The molecule has 2 nitrogen and oxygen atoms in total. The van der Waals surface area contributed by atoms with Gasteiger partial charge in [-0.05, 0) is 41.0 Å². The SMILES string of the molecule is CCNC1c2c(F)ccc(Br)c2OC1CC. The predicted octanol–water partition coefficient (Wildman–Crippen LogP) is 3.41. The molecule has 1 aromatic carbocycles. The summed E-state index contributed by atoms with van der Waals surface area (Å²) >= 11 is 3.40. The number of nitrogens with one attached hydrogen (secondary N) is 1. The fourth-order valence-corrected chi connectivity index (χ4v) is 2.58. The molecule has 88 valence electrons. The maximum Gasteiger partial charge on any atom is 0.141 e. The maximum absolute atomic E-state index is 13.8. The van der Waals surface area contributed by atoms with Gasteiger partial charge in [0, 0.05) is 0 Å². The lowest BCUT2D eigenvalue weighted by Crippen LogP contribution is -2.30. The number of hydrogen-bond acceptors (Lipinski definition) is 2. The van der Waals surface area contributed by atoms with Crippen LogP contribution in [0, 0.1) is 5.82 Å². The Bertz CT molecular complexity index is 397. The van der Waals surface area contributed by atoms with Crippen molar-refractivity contribution in [2.45, 2.75) is 32.4 Å². The zero-order chi connectivity index (χ0) is 11.7. The number of likely N-dealkylation sites (N-methyl/N-ethyl adjacent to an activating group) is 1. The van der Waals surface area contributed by atoms with Crippen molar-refractivity contribution in [3.63, 3.8) is 0 Å². The van der Waals surface area contributed by atoms with E-state index in [1.165, 1.54) is 6.07 Å². The number of benzene rings is 1. The Morgan fingerprint density at radius 2 is 2.19 bits per heavy atom. The summed E-state index contributed by atoms with van der Waals surface area (Å²) in [5.41, 5.74) is 0.656. The van der Waals surface area contributed by atoms with Gasteiger partial charge in [-0.25, -0.2) is 4.39 Å². The average molecular weight is 288 g/mol. The number of halogens is 2. The second-order valence-electron chi connectivity index (χ2n) is 3.87. The van der Waals surface area contributed by atoms with E-state index in [9.17, 15) is 4.39 Å². The van der Waals surface area contributed by atoms with Crippen LogP contribution in [-0.2, 0) is 0 Å². The Hall–Kier alpha value is -0.610. The fourth-order valence-electron chi connectivity index (χ4n) is 2.14. The van der Waals surface area contributed by atoms with E-state index < -0.39 is 0 Å².